The molecule has 5 heteroatoms. The van der Waals surface area contributed by atoms with Crippen molar-refractivity contribution in [2.24, 2.45) is 5.92 Å². The maximum absolute atomic E-state index is 11.7. The smallest absolute Gasteiger partial charge is 0.315 e. The molecular weight excluding hydrogens is 272 g/mol. The van der Waals surface area contributed by atoms with E-state index in [4.69, 9.17) is 0 Å². The highest BCUT2D eigenvalue weighted by Gasteiger charge is 2.51. The normalized spacial score (nSPS) is 32.1. The summed E-state index contributed by atoms with van der Waals surface area (Å²) < 4.78 is 0. The van der Waals surface area contributed by atoms with Gasteiger partial charge in [-0.25, -0.2) is 4.79 Å². The molecule has 0 saturated carbocycles. The maximum Gasteiger partial charge on any atom is 0.315 e. The lowest BCUT2D eigenvalue weighted by atomic mass is 9.91. The van der Waals surface area contributed by atoms with Gasteiger partial charge in [-0.05, 0) is 25.7 Å². The van der Waals surface area contributed by atoms with Crippen LogP contribution >= 0.6 is 11.8 Å². The van der Waals surface area contributed by atoms with Crippen molar-refractivity contribution in [1.82, 2.24) is 10.6 Å². The molecule has 0 aromatic rings. The van der Waals surface area contributed by atoms with E-state index in [1.165, 1.54) is 0 Å². The number of hydrogen-bond donors (Lipinski definition) is 2. The summed E-state index contributed by atoms with van der Waals surface area (Å²) in [5.74, 6) is 1.83. The Morgan fingerprint density at radius 1 is 1.45 bits per heavy atom. The summed E-state index contributed by atoms with van der Waals surface area (Å²) in [4.78, 5) is 23.1. The zero-order valence-corrected chi connectivity index (χ0v) is 13.5. The third-order valence-electron chi connectivity index (χ3n) is 4.17. The van der Waals surface area contributed by atoms with E-state index in [0.29, 0.717) is 29.8 Å². The van der Waals surface area contributed by atoms with E-state index in [9.17, 15) is 9.59 Å². The summed E-state index contributed by atoms with van der Waals surface area (Å²) in [6.45, 7) is 6.29. The van der Waals surface area contributed by atoms with Crippen molar-refractivity contribution >= 4 is 23.6 Å². The maximum atomic E-state index is 11.7. The Balaban J connectivity index is 1.68. The number of ketones is 1. The predicted octanol–water partition coefficient (Wildman–Crippen LogP) is 2.72. The van der Waals surface area contributed by atoms with Crippen LogP contribution in [0.1, 0.15) is 52.9 Å². The fraction of sp³-hybridized carbons (Fsp3) is 0.867. The van der Waals surface area contributed by atoms with E-state index in [1.54, 1.807) is 0 Å². The standard InChI is InChI=1S/C15H26N2O2S/c1-10(2)8-11(18)6-4-5-7-12-13-15(3,9-20-12)17-14(19)16-13/h10,12-13H,4-9H2,1-3H3,(H2,16,17,19)/t12-,13+,15-/m0/s1. The van der Waals surface area contributed by atoms with Crippen molar-refractivity contribution in [3.05, 3.63) is 0 Å². The first-order chi connectivity index (χ1) is 9.40. The Bertz CT molecular complexity index is 386. The van der Waals surface area contributed by atoms with Gasteiger partial charge >= 0.3 is 6.03 Å². The summed E-state index contributed by atoms with van der Waals surface area (Å²) in [6, 6.07) is 0.210. The number of hydrogen-bond acceptors (Lipinski definition) is 3. The molecule has 2 fully saturated rings. The van der Waals surface area contributed by atoms with Crippen molar-refractivity contribution < 1.29 is 9.59 Å². The molecule has 3 atom stereocenters. The zero-order chi connectivity index (χ0) is 14.8. The summed E-state index contributed by atoms with van der Waals surface area (Å²) >= 11 is 1.94. The van der Waals surface area contributed by atoms with Crippen LogP contribution < -0.4 is 10.6 Å². The molecule has 0 radical (unpaired) electrons. The minimum atomic E-state index is -0.0835. The van der Waals surface area contributed by atoms with E-state index < -0.39 is 0 Å². The van der Waals surface area contributed by atoms with Crippen molar-refractivity contribution in [2.45, 2.75) is 69.7 Å². The van der Waals surface area contributed by atoms with Gasteiger partial charge < -0.3 is 10.6 Å². The van der Waals surface area contributed by atoms with Gasteiger partial charge in [0.25, 0.3) is 0 Å². The Kier molecular flexibility index (Phi) is 4.99. The van der Waals surface area contributed by atoms with Gasteiger partial charge in [0.1, 0.15) is 5.78 Å². The molecule has 0 aromatic heterocycles. The molecule has 2 rings (SSSR count). The average Bonchev–Trinajstić information content (AvgIpc) is 2.77. The van der Waals surface area contributed by atoms with Crippen LogP contribution in [0.5, 0.6) is 0 Å². The first-order valence-corrected chi connectivity index (χ1v) is 8.67. The second-order valence-electron chi connectivity index (χ2n) is 6.73. The number of thioether (sulfide) groups is 1. The zero-order valence-electron chi connectivity index (χ0n) is 12.7. The Morgan fingerprint density at radius 2 is 2.20 bits per heavy atom. The van der Waals surface area contributed by atoms with Crippen LogP contribution in [0, 0.1) is 5.92 Å². The first-order valence-electron chi connectivity index (χ1n) is 7.63. The average molecular weight is 298 g/mol. The van der Waals surface area contributed by atoms with E-state index in [0.717, 1.165) is 25.0 Å². The Hall–Kier alpha value is -0.710. The van der Waals surface area contributed by atoms with E-state index in [2.05, 4.69) is 31.4 Å². The second-order valence-corrected chi connectivity index (χ2v) is 7.95. The molecular formula is C15H26N2O2S. The molecule has 0 bridgehead atoms. The van der Waals surface area contributed by atoms with Gasteiger partial charge in [0.15, 0.2) is 0 Å². The number of carbonyl (C=O) groups is 2. The molecule has 2 amide bonds. The van der Waals surface area contributed by atoms with Crippen LogP contribution in [0.3, 0.4) is 0 Å². The van der Waals surface area contributed by atoms with E-state index in [-0.39, 0.29) is 17.6 Å². The molecule has 0 unspecified atom stereocenters. The lowest BCUT2D eigenvalue weighted by Gasteiger charge is -2.23. The quantitative estimate of drug-likeness (QED) is 0.561. The molecule has 114 valence electrons. The number of fused-ring (bicyclic) bond motifs is 1. The van der Waals surface area contributed by atoms with Crippen LogP contribution in [-0.2, 0) is 4.79 Å². The number of unbranched alkanes of at least 4 members (excludes halogenated alkanes) is 1. The lowest BCUT2D eigenvalue weighted by molar-refractivity contribution is -0.119. The highest BCUT2D eigenvalue weighted by Crippen LogP contribution is 2.39. The van der Waals surface area contributed by atoms with Crippen molar-refractivity contribution in [3.63, 3.8) is 0 Å². The van der Waals surface area contributed by atoms with E-state index in [1.807, 2.05) is 11.8 Å². The largest absolute Gasteiger partial charge is 0.332 e. The molecule has 0 spiro atoms. The van der Waals surface area contributed by atoms with Gasteiger partial charge in [0, 0.05) is 23.8 Å². The SMILES string of the molecule is CC(C)CC(=O)CCCC[C@@H]1SC[C@]2(C)NC(=O)N[C@H]12. The van der Waals surface area contributed by atoms with Crippen molar-refractivity contribution in [2.75, 3.05) is 5.75 Å². The number of urea groups is 1. The van der Waals surface area contributed by atoms with Crippen LogP contribution in [0.4, 0.5) is 4.79 Å². The molecule has 2 aliphatic heterocycles. The highest BCUT2D eigenvalue weighted by atomic mass is 32.2. The molecule has 2 N–H and O–H groups in total. The highest BCUT2D eigenvalue weighted by molar-refractivity contribution is 8.00. The molecule has 4 nitrogen and oxygen atoms in total. The lowest BCUT2D eigenvalue weighted by Crippen LogP contribution is -2.47. The molecule has 2 saturated heterocycles. The van der Waals surface area contributed by atoms with Gasteiger partial charge in [0.05, 0.1) is 11.6 Å². The summed E-state index contributed by atoms with van der Waals surface area (Å²) in [5.41, 5.74) is -0.0835. The monoisotopic (exact) mass is 298 g/mol. The minimum absolute atomic E-state index is 0.0325. The fourth-order valence-corrected chi connectivity index (χ4v) is 4.86. The van der Waals surface area contributed by atoms with Crippen LogP contribution in [0.2, 0.25) is 0 Å². The molecule has 20 heavy (non-hydrogen) atoms. The second kappa shape index (κ2) is 6.37. The number of amides is 2. The van der Waals surface area contributed by atoms with Crippen molar-refractivity contribution in [3.8, 4) is 0 Å². The topological polar surface area (TPSA) is 58.2 Å². The van der Waals surface area contributed by atoms with Gasteiger partial charge in [-0.2, -0.15) is 11.8 Å². The number of rotatable bonds is 7. The number of nitrogens with one attached hydrogen (secondary N) is 2. The third kappa shape index (κ3) is 3.68. The Labute approximate surface area is 125 Å². The van der Waals surface area contributed by atoms with Gasteiger partial charge in [-0.1, -0.05) is 20.3 Å². The van der Waals surface area contributed by atoms with Crippen LogP contribution in [0.25, 0.3) is 0 Å². The first kappa shape index (κ1) is 15.7. The molecule has 2 heterocycles. The van der Waals surface area contributed by atoms with Crippen LogP contribution in [0.15, 0.2) is 0 Å². The summed E-state index contributed by atoms with van der Waals surface area (Å²) in [6.07, 6.45) is 4.56. The third-order valence-corrected chi connectivity index (χ3v) is 5.87. The summed E-state index contributed by atoms with van der Waals surface area (Å²) in [5, 5.41) is 6.56. The number of Topliss-reactive ketones (excluding diaryl/α,β-unsaturated/α-hetero) is 1. The predicted molar refractivity (Wildman–Crippen MR) is 83.0 cm³/mol. The fourth-order valence-electron chi connectivity index (χ4n) is 3.15. The summed E-state index contributed by atoms with van der Waals surface area (Å²) in [7, 11) is 0. The van der Waals surface area contributed by atoms with Gasteiger partial charge in [-0.15, -0.1) is 0 Å². The molecule has 2 aliphatic rings. The van der Waals surface area contributed by atoms with Crippen molar-refractivity contribution in [1.29, 1.82) is 0 Å². The molecule has 0 aromatic carbocycles. The molecule has 0 aliphatic carbocycles. The van der Waals surface area contributed by atoms with Crippen LogP contribution in [-0.4, -0.2) is 34.4 Å². The van der Waals surface area contributed by atoms with Gasteiger partial charge in [0.2, 0.25) is 0 Å². The van der Waals surface area contributed by atoms with Gasteiger partial charge in [-0.3, -0.25) is 4.79 Å². The Morgan fingerprint density at radius 3 is 2.90 bits per heavy atom. The van der Waals surface area contributed by atoms with E-state index >= 15 is 0 Å². The minimum Gasteiger partial charge on any atom is -0.332 e. The number of carbonyl (C=O) groups excluding carboxylic acids is 2.